The number of carbonyl (C=O) groups excluding carboxylic acids is 1. The molecular formula is C16H25N7O. The largest absolute Gasteiger partial charge is 0.335 e. The van der Waals surface area contributed by atoms with E-state index in [4.69, 9.17) is 5.73 Å². The molecule has 8 nitrogen and oxygen atoms in total. The summed E-state index contributed by atoms with van der Waals surface area (Å²) in [5.41, 5.74) is 7.70. The molecule has 1 aliphatic rings. The number of amides is 1. The minimum atomic E-state index is -0.106. The van der Waals surface area contributed by atoms with Crippen molar-refractivity contribution in [2.75, 3.05) is 13.1 Å². The number of likely N-dealkylation sites (tertiary alicyclic amines) is 1. The molecule has 24 heavy (non-hydrogen) atoms. The van der Waals surface area contributed by atoms with Gasteiger partial charge in [0.1, 0.15) is 0 Å². The van der Waals surface area contributed by atoms with Gasteiger partial charge in [-0.25, -0.2) is 0 Å². The van der Waals surface area contributed by atoms with Crippen molar-refractivity contribution in [3.05, 3.63) is 29.8 Å². The van der Waals surface area contributed by atoms with Gasteiger partial charge in [0.05, 0.1) is 6.20 Å². The molecule has 8 heteroatoms. The normalized spacial score (nSPS) is 21.0. The van der Waals surface area contributed by atoms with E-state index >= 15 is 0 Å². The van der Waals surface area contributed by atoms with Gasteiger partial charge in [-0.2, -0.15) is 5.10 Å². The highest BCUT2D eigenvalue weighted by atomic mass is 16.2. The Morgan fingerprint density at radius 1 is 1.42 bits per heavy atom. The number of aromatic nitrogens is 5. The molecule has 2 aromatic heterocycles. The Kier molecular flexibility index (Phi) is 4.66. The Labute approximate surface area is 141 Å². The maximum atomic E-state index is 12.7. The zero-order chi connectivity index (χ0) is 17.3. The van der Waals surface area contributed by atoms with Crippen molar-refractivity contribution < 1.29 is 4.79 Å². The lowest BCUT2D eigenvalue weighted by Crippen LogP contribution is -2.32. The highest BCUT2D eigenvalue weighted by molar-refractivity contribution is 5.92. The molecule has 0 aliphatic carbocycles. The lowest BCUT2D eigenvalue weighted by atomic mass is 10.0. The van der Waals surface area contributed by atoms with Crippen molar-refractivity contribution in [3.8, 4) is 0 Å². The molecule has 0 unspecified atom stereocenters. The Morgan fingerprint density at radius 3 is 2.88 bits per heavy atom. The van der Waals surface area contributed by atoms with Crippen LogP contribution in [0.3, 0.4) is 0 Å². The van der Waals surface area contributed by atoms with Crippen molar-refractivity contribution in [1.82, 2.24) is 29.7 Å². The molecule has 3 heterocycles. The average Bonchev–Trinajstić information content (AvgIpc) is 3.24. The zero-order valence-corrected chi connectivity index (χ0v) is 14.5. The third-order valence-corrected chi connectivity index (χ3v) is 4.58. The fourth-order valence-electron chi connectivity index (χ4n) is 3.11. The Morgan fingerprint density at radius 2 is 2.21 bits per heavy atom. The first-order valence-corrected chi connectivity index (χ1v) is 8.38. The maximum Gasteiger partial charge on any atom is 0.276 e. The van der Waals surface area contributed by atoms with Gasteiger partial charge in [-0.3, -0.25) is 14.2 Å². The first kappa shape index (κ1) is 16.6. The van der Waals surface area contributed by atoms with Gasteiger partial charge in [0.25, 0.3) is 5.91 Å². The van der Waals surface area contributed by atoms with Gasteiger partial charge in [-0.1, -0.05) is 19.1 Å². The molecule has 0 bridgehead atoms. The molecule has 2 aromatic rings. The second-order valence-corrected chi connectivity index (χ2v) is 6.91. The van der Waals surface area contributed by atoms with Crippen LogP contribution < -0.4 is 5.73 Å². The number of nitrogens with zero attached hydrogens (tertiary/aromatic N) is 6. The van der Waals surface area contributed by atoms with Crippen LogP contribution in [0.15, 0.2) is 18.5 Å². The van der Waals surface area contributed by atoms with E-state index in [0.29, 0.717) is 24.7 Å². The number of aryl methyl sites for hydroxylation is 2. The molecule has 0 spiro atoms. The highest BCUT2D eigenvalue weighted by Gasteiger charge is 2.36. The predicted octanol–water partition coefficient (Wildman–Crippen LogP) is 0.625. The molecule has 2 atom stereocenters. The summed E-state index contributed by atoms with van der Waals surface area (Å²) in [5.74, 6) is 0.577. The van der Waals surface area contributed by atoms with Crippen LogP contribution in [0.2, 0.25) is 0 Å². The number of carbonyl (C=O) groups is 1. The quantitative estimate of drug-likeness (QED) is 0.867. The van der Waals surface area contributed by atoms with Gasteiger partial charge in [0, 0.05) is 50.5 Å². The van der Waals surface area contributed by atoms with Gasteiger partial charge in [-0.15, -0.1) is 5.10 Å². The van der Waals surface area contributed by atoms with E-state index in [2.05, 4.69) is 29.3 Å². The van der Waals surface area contributed by atoms with Gasteiger partial charge in [0.15, 0.2) is 5.69 Å². The standard InChI is InChI=1S/C16H25N7O/c1-11(2)5-7-23-10-14(19-20-23)16(24)22-8-12(13(17)9-22)15-4-6-18-21(15)3/h4,6,10-13H,5,7-9,17H2,1-3H3/t12-,13-/m1/s1. The number of rotatable bonds is 5. The van der Waals surface area contributed by atoms with Crippen LogP contribution in [0.4, 0.5) is 0 Å². The molecule has 1 fully saturated rings. The molecule has 0 radical (unpaired) electrons. The second-order valence-electron chi connectivity index (χ2n) is 6.91. The molecular weight excluding hydrogens is 306 g/mol. The molecule has 0 aromatic carbocycles. The molecule has 3 rings (SSSR count). The first-order valence-electron chi connectivity index (χ1n) is 8.38. The Balaban J connectivity index is 1.67. The summed E-state index contributed by atoms with van der Waals surface area (Å²) in [4.78, 5) is 14.4. The molecule has 1 aliphatic heterocycles. The fourth-order valence-corrected chi connectivity index (χ4v) is 3.11. The van der Waals surface area contributed by atoms with E-state index in [0.717, 1.165) is 18.7 Å². The summed E-state index contributed by atoms with van der Waals surface area (Å²) in [6, 6.07) is 1.86. The zero-order valence-electron chi connectivity index (χ0n) is 14.5. The summed E-state index contributed by atoms with van der Waals surface area (Å²) >= 11 is 0. The topological polar surface area (TPSA) is 94.9 Å². The summed E-state index contributed by atoms with van der Waals surface area (Å²) in [7, 11) is 1.90. The van der Waals surface area contributed by atoms with Crippen LogP contribution in [0.25, 0.3) is 0 Å². The summed E-state index contributed by atoms with van der Waals surface area (Å²) in [6.45, 7) is 6.20. The van der Waals surface area contributed by atoms with E-state index in [1.165, 1.54) is 0 Å². The monoisotopic (exact) mass is 331 g/mol. The van der Waals surface area contributed by atoms with Crippen LogP contribution in [-0.2, 0) is 13.6 Å². The summed E-state index contributed by atoms with van der Waals surface area (Å²) in [6.07, 6.45) is 4.49. The lowest BCUT2D eigenvalue weighted by molar-refractivity contribution is 0.0783. The SMILES string of the molecule is CC(C)CCn1cc(C(=O)N2C[C@@H](N)[C@H](c3ccnn3C)C2)nn1. The number of nitrogens with two attached hydrogens (primary N) is 1. The molecule has 0 saturated carbocycles. The number of hydrogen-bond acceptors (Lipinski definition) is 5. The van der Waals surface area contributed by atoms with E-state index in [-0.39, 0.29) is 17.9 Å². The van der Waals surface area contributed by atoms with E-state index in [9.17, 15) is 4.79 Å². The van der Waals surface area contributed by atoms with Gasteiger partial charge in [-0.05, 0) is 18.4 Å². The van der Waals surface area contributed by atoms with Gasteiger partial charge >= 0.3 is 0 Å². The van der Waals surface area contributed by atoms with Crippen LogP contribution in [0.5, 0.6) is 0 Å². The highest BCUT2D eigenvalue weighted by Crippen LogP contribution is 2.26. The molecule has 130 valence electrons. The van der Waals surface area contributed by atoms with Gasteiger partial charge < -0.3 is 10.6 Å². The van der Waals surface area contributed by atoms with E-state index in [1.54, 1.807) is 22.0 Å². The van der Waals surface area contributed by atoms with E-state index in [1.807, 2.05) is 17.8 Å². The van der Waals surface area contributed by atoms with Gasteiger partial charge in [0.2, 0.25) is 0 Å². The maximum absolute atomic E-state index is 12.7. The second kappa shape index (κ2) is 6.72. The molecule has 1 amide bonds. The third-order valence-electron chi connectivity index (χ3n) is 4.58. The third kappa shape index (κ3) is 3.33. The van der Waals surface area contributed by atoms with Crippen molar-refractivity contribution in [2.24, 2.45) is 18.7 Å². The summed E-state index contributed by atoms with van der Waals surface area (Å²) < 4.78 is 3.56. The lowest BCUT2D eigenvalue weighted by Gasteiger charge is -2.15. The minimum Gasteiger partial charge on any atom is -0.335 e. The average molecular weight is 331 g/mol. The van der Waals surface area contributed by atoms with Crippen LogP contribution in [0.1, 0.15) is 42.4 Å². The van der Waals surface area contributed by atoms with Crippen molar-refractivity contribution in [2.45, 2.75) is 38.8 Å². The van der Waals surface area contributed by atoms with Crippen LogP contribution in [0, 0.1) is 5.92 Å². The summed E-state index contributed by atoms with van der Waals surface area (Å²) in [5, 5.41) is 12.3. The van der Waals surface area contributed by atoms with Crippen LogP contribution >= 0.6 is 0 Å². The Bertz CT molecular complexity index is 705. The first-order chi connectivity index (χ1) is 11.5. The van der Waals surface area contributed by atoms with Crippen molar-refractivity contribution in [3.63, 3.8) is 0 Å². The predicted molar refractivity (Wildman–Crippen MR) is 89.3 cm³/mol. The smallest absolute Gasteiger partial charge is 0.276 e. The minimum absolute atomic E-state index is 0.0948. The number of hydrogen-bond donors (Lipinski definition) is 1. The van der Waals surface area contributed by atoms with Crippen molar-refractivity contribution >= 4 is 5.91 Å². The van der Waals surface area contributed by atoms with E-state index < -0.39 is 0 Å². The van der Waals surface area contributed by atoms with Crippen molar-refractivity contribution in [1.29, 1.82) is 0 Å². The Hall–Kier alpha value is -2.22. The molecule has 2 N–H and O–H groups in total. The van der Waals surface area contributed by atoms with Crippen LogP contribution in [-0.4, -0.2) is 54.7 Å². The fraction of sp³-hybridized carbons (Fsp3) is 0.625. The molecule has 1 saturated heterocycles.